The normalized spacial score (nSPS) is 14.7. The second-order valence-electron chi connectivity index (χ2n) is 10.7. The fraction of sp³-hybridized carbons (Fsp3) is 0.484. The molecule has 0 aliphatic carbocycles. The zero-order valence-corrected chi connectivity index (χ0v) is 24.3. The van der Waals surface area contributed by atoms with Gasteiger partial charge < -0.3 is 31.5 Å². The van der Waals surface area contributed by atoms with Crippen molar-refractivity contribution in [2.75, 3.05) is 0 Å². The van der Waals surface area contributed by atoms with Crippen molar-refractivity contribution in [3.05, 3.63) is 71.8 Å². The van der Waals surface area contributed by atoms with Crippen LogP contribution in [0.25, 0.3) is 0 Å². The van der Waals surface area contributed by atoms with Crippen LogP contribution in [0.4, 0.5) is 4.79 Å². The second-order valence-corrected chi connectivity index (χ2v) is 10.7. The Bertz CT molecular complexity index is 1110. The molecule has 2 aromatic rings. The predicted octanol–water partition coefficient (Wildman–Crippen LogP) is 2.82. The van der Waals surface area contributed by atoms with Gasteiger partial charge in [0.05, 0.1) is 12.1 Å². The number of alkyl carbamates (subject to hydrolysis) is 1. The first-order valence-electron chi connectivity index (χ1n) is 14.1. The van der Waals surface area contributed by atoms with E-state index in [9.17, 15) is 24.3 Å². The highest BCUT2D eigenvalue weighted by Gasteiger charge is 2.31. The quantitative estimate of drug-likeness (QED) is 0.209. The van der Waals surface area contributed by atoms with Crippen LogP contribution in [-0.4, -0.2) is 53.2 Å². The molecule has 10 nitrogen and oxygen atoms in total. The van der Waals surface area contributed by atoms with Crippen molar-refractivity contribution in [1.29, 1.82) is 0 Å². The van der Waals surface area contributed by atoms with Crippen molar-refractivity contribution in [3.63, 3.8) is 0 Å². The number of nitrogens with one attached hydrogen (secondary N) is 3. The summed E-state index contributed by atoms with van der Waals surface area (Å²) in [6.07, 6.45) is -0.327. The number of nitrogens with two attached hydrogens (primary N) is 1. The van der Waals surface area contributed by atoms with Crippen LogP contribution in [-0.2, 0) is 32.1 Å². The van der Waals surface area contributed by atoms with Gasteiger partial charge in [-0.15, -0.1) is 0 Å². The molecule has 41 heavy (non-hydrogen) atoms. The fourth-order valence-electron chi connectivity index (χ4n) is 4.46. The summed E-state index contributed by atoms with van der Waals surface area (Å²) in [5.41, 5.74) is 7.16. The SMILES string of the molecule is CCCC(C[C@H](O)[C@H](Cc1ccccc1)NC(=O)[C@H](C)NC(=O)OCc1ccccc1)C(=O)N[C@@H](C(N)=O)C(C)C. The molecule has 0 heterocycles. The molecular formula is C31H44N4O6. The van der Waals surface area contributed by atoms with E-state index in [2.05, 4.69) is 16.0 Å². The number of hydrogen-bond acceptors (Lipinski definition) is 6. The van der Waals surface area contributed by atoms with Crippen LogP contribution in [0.5, 0.6) is 0 Å². The van der Waals surface area contributed by atoms with Gasteiger partial charge in [-0.2, -0.15) is 0 Å². The Labute approximate surface area is 242 Å². The Morgan fingerprint density at radius 2 is 1.44 bits per heavy atom. The number of rotatable bonds is 16. The van der Waals surface area contributed by atoms with Gasteiger partial charge in [-0.1, -0.05) is 87.9 Å². The molecule has 0 bridgehead atoms. The molecule has 4 amide bonds. The van der Waals surface area contributed by atoms with E-state index in [0.717, 1.165) is 11.1 Å². The molecule has 0 aliphatic rings. The summed E-state index contributed by atoms with van der Waals surface area (Å²) in [5, 5.41) is 19.4. The van der Waals surface area contributed by atoms with Crippen LogP contribution in [0.2, 0.25) is 0 Å². The van der Waals surface area contributed by atoms with E-state index in [4.69, 9.17) is 10.5 Å². The number of carbonyl (C=O) groups is 4. The topological polar surface area (TPSA) is 160 Å². The lowest BCUT2D eigenvalue weighted by atomic mass is 9.89. The lowest BCUT2D eigenvalue weighted by Gasteiger charge is -2.29. The molecule has 10 heteroatoms. The van der Waals surface area contributed by atoms with E-state index in [1.807, 2.05) is 67.6 Å². The van der Waals surface area contributed by atoms with Crippen molar-refractivity contribution in [3.8, 4) is 0 Å². The molecule has 1 unspecified atom stereocenters. The van der Waals surface area contributed by atoms with Crippen LogP contribution in [0.1, 0.15) is 58.1 Å². The average Bonchev–Trinajstić information content (AvgIpc) is 2.94. The summed E-state index contributed by atoms with van der Waals surface area (Å²) in [6, 6.07) is 16.0. The van der Waals surface area contributed by atoms with Gasteiger partial charge >= 0.3 is 6.09 Å². The highest BCUT2D eigenvalue weighted by atomic mass is 16.5. The number of primary amides is 1. The molecule has 2 rings (SSSR count). The maximum absolute atomic E-state index is 13.1. The molecule has 0 saturated carbocycles. The van der Waals surface area contributed by atoms with Gasteiger partial charge in [0, 0.05) is 5.92 Å². The number of benzene rings is 2. The van der Waals surface area contributed by atoms with E-state index >= 15 is 0 Å². The Balaban J connectivity index is 2.09. The van der Waals surface area contributed by atoms with E-state index in [-0.39, 0.29) is 24.9 Å². The van der Waals surface area contributed by atoms with Gasteiger partial charge in [-0.05, 0) is 43.2 Å². The van der Waals surface area contributed by atoms with Crippen LogP contribution >= 0.6 is 0 Å². The number of aliphatic hydroxyl groups is 1. The van der Waals surface area contributed by atoms with Gasteiger partial charge in [0.15, 0.2) is 0 Å². The van der Waals surface area contributed by atoms with Crippen molar-refractivity contribution in [1.82, 2.24) is 16.0 Å². The third kappa shape index (κ3) is 11.6. The van der Waals surface area contributed by atoms with Crippen molar-refractivity contribution in [2.24, 2.45) is 17.6 Å². The van der Waals surface area contributed by atoms with Crippen molar-refractivity contribution in [2.45, 2.75) is 84.2 Å². The van der Waals surface area contributed by atoms with Crippen LogP contribution in [0.15, 0.2) is 60.7 Å². The van der Waals surface area contributed by atoms with Gasteiger partial charge in [0.25, 0.3) is 0 Å². The first-order chi connectivity index (χ1) is 19.5. The number of hydrogen-bond donors (Lipinski definition) is 5. The Morgan fingerprint density at radius 1 is 0.854 bits per heavy atom. The summed E-state index contributed by atoms with van der Waals surface area (Å²) in [6.45, 7) is 7.09. The zero-order chi connectivity index (χ0) is 30.4. The molecule has 0 radical (unpaired) electrons. The minimum Gasteiger partial charge on any atom is -0.445 e. The molecule has 2 aromatic carbocycles. The molecule has 0 aromatic heterocycles. The fourth-order valence-corrected chi connectivity index (χ4v) is 4.46. The molecule has 0 saturated heterocycles. The summed E-state index contributed by atoms with van der Waals surface area (Å²) in [7, 11) is 0. The third-order valence-corrected chi connectivity index (χ3v) is 6.84. The van der Waals surface area contributed by atoms with Crippen molar-refractivity contribution >= 4 is 23.8 Å². The highest BCUT2D eigenvalue weighted by molar-refractivity contribution is 5.88. The van der Waals surface area contributed by atoms with Gasteiger partial charge in [0.1, 0.15) is 18.7 Å². The molecule has 6 N–H and O–H groups in total. The number of carbonyl (C=O) groups excluding carboxylic acids is 4. The predicted molar refractivity (Wildman–Crippen MR) is 156 cm³/mol. The number of amides is 4. The van der Waals surface area contributed by atoms with E-state index in [1.54, 1.807) is 13.8 Å². The Kier molecular flexibility index (Phi) is 13.8. The Morgan fingerprint density at radius 3 is 1.98 bits per heavy atom. The van der Waals surface area contributed by atoms with Crippen LogP contribution < -0.4 is 21.7 Å². The number of aliphatic hydroxyl groups excluding tert-OH is 1. The van der Waals surface area contributed by atoms with Crippen LogP contribution in [0, 0.1) is 11.8 Å². The first kappa shape index (κ1) is 33.3. The smallest absolute Gasteiger partial charge is 0.408 e. The molecular weight excluding hydrogens is 524 g/mol. The van der Waals surface area contributed by atoms with Crippen molar-refractivity contribution < 1.29 is 29.0 Å². The lowest BCUT2D eigenvalue weighted by Crippen LogP contribution is -2.53. The summed E-state index contributed by atoms with van der Waals surface area (Å²) in [5.74, 6) is -2.30. The maximum atomic E-state index is 13.1. The number of ether oxygens (including phenoxy) is 1. The second kappa shape index (κ2) is 17.0. The third-order valence-electron chi connectivity index (χ3n) is 6.84. The minimum atomic E-state index is -1.09. The molecule has 0 fully saturated rings. The largest absolute Gasteiger partial charge is 0.445 e. The molecule has 0 aliphatic heterocycles. The first-order valence-corrected chi connectivity index (χ1v) is 14.1. The summed E-state index contributed by atoms with van der Waals surface area (Å²) >= 11 is 0. The summed E-state index contributed by atoms with van der Waals surface area (Å²) < 4.78 is 5.21. The van der Waals surface area contributed by atoms with Gasteiger partial charge in [0.2, 0.25) is 17.7 Å². The summed E-state index contributed by atoms with van der Waals surface area (Å²) in [4.78, 5) is 50.3. The highest BCUT2D eigenvalue weighted by Crippen LogP contribution is 2.19. The van der Waals surface area contributed by atoms with Crippen LogP contribution in [0.3, 0.4) is 0 Å². The minimum absolute atomic E-state index is 0.0575. The van der Waals surface area contributed by atoms with E-state index in [1.165, 1.54) is 6.92 Å². The Hall–Kier alpha value is -3.92. The van der Waals surface area contributed by atoms with Gasteiger partial charge in [-0.25, -0.2) is 4.79 Å². The molecule has 224 valence electrons. The van der Waals surface area contributed by atoms with E-state index in [0.29, 0.717) is 19.3 Å². The average molecular weight is 569 g/mol. The van der Waals surface area contributed by atoms with Gasteiger partial charge in [-0.3, -0.25) is 14.4 Å². The molecule has 5 atom stereocenters. The van der Waals surface area contributed by atoms with E-state index < -0.39 is 48.1 Å². The zero-order valence-electron chi connectivity index (χ0n) is 24.3. The maximum Gasteiger partial charge on any atom is 0.408 e. The lowest BCUT2D eigenvalue weighted by molar-refractivity contribution is -0.132. The standard InChI is InChI=1S/C31H44N4O6/c1-5-12-24(30(39)35-27(20(2)3)28(32)37)18-26(36)25(17-22-13-8-6-9-14-22)34-29(38)21(4)33-31(40)41-19-23-15-10-7-11-16-23/h6-11,13-16,20-21,24-27,36H,5,12,17-19H2,1-4H3,(H2,32,37)(H,33,40)(H,34,38)(H,35,39)/t21-,24?,25-,26-,27+/m0/s1. The monoisotopic (exact) mass is 568 g/mol. The molecule has 0 spiro atoms.